The van der Waals surface area contributed by atoms with Crippen molar-refractivity contribution in [2.75, 3.05) is 17.7 Å². The molecule has 0 bridgehead atoms. The van der Waals surface area contributed by atoms with E-state index in [0.29, 0.717) is 33.9 Å². The lowest BCUT2D eigenvalue weighted by atomic mass is 10.1. The third kappa shape index (κ3) is 6.90. The van der Waals surface area contributed by atoms with Gasteiger partial charge in [0.25, 0.3) is 5.91 Å². The molecule has 2 heterocycles. The number of ether oxygens (including phenoxy) is 2. The SMILES string of the molecule is C=CCn1c(COc2cc(C)ccc2Cl)nnc1SCC(=O)Nc1sc(C(N)=O)c(C)c1C(=O)OCC. The molecule has 0 saturated carbocycles. The van der Waals surface area contributed by atoms with Crippen LogP contribution in [-0.4, -0.2) is 44.9 Å². The van der Waals surface area contributed by atoms with Gasteiger partial charge < -0.3 is 20.5 Å². The number of thiophene rings is 1. The van der Waals surface area contributed by atoms with Crippen LogP contribution < -0.4 is 15.8 Å². The van der Waals surface area contributed by atoms with Gasteiger partial charge in [-0.3, -0.25) is 14.2 Å². The smallest absolute Gasteiger partial charge is 0.341 e. The van der Waals surface area contributed by atoms with Crippen molar-refractivity contribution < 1.29 is 23.9 Å². The largest absolute Gasteiger partial charge is 0.484 e. The minimum Gasteiger partial charge on any atom is -0.484 e. The Kier molecular flexibility index (Phi) is 9.73. The second kappa shape index (κ2) is 12.7. The number of nitrogens with two attached hydrogens (primary N) is 1. The summed E-state index contributed by atoms with van der Waals surface area (Å²) in [6, 6.07) is 5.48. The lowest BCUT2D eigenvalue weighted by molar-refractivity contribution is -0.113. The molecule has 13 heteroatoms. The number of aromatic nitrogens is 3. The van der Waals surface area contributed by atoms with Gasteiger partial charge in [-0.15, -0.1) is 28.1 Å². The number of primary amides is 1. The van der Waals surface area contributed by atoms with Gasteiger partial charge in [0.15, 0.2) is 11.0 Å². The number of amides is 2. The molecule has 1 aromatic carbocycles. The number of halogens is 1. The number of benzene rings is 1. The fourth-order valence-corrected chi connectivity index (χ4v) is 5.29. The predicted octanol–water partition coefficient (Wildman–Crippen LogP) is 4.38. The number of carbonyl (C=O) groups is 3. The number of carbonyl (C=O) groups excluding carboxylic acids is 3. The minimum absolute atomic E-state index is 0.0367. The molecule has 3 aromatic rings. The summed E-state index contributed by atoms with van der Waals surface area (Å²) < 4.78 is 12.7. The summed E-state index contributed by atoms with van der Waals surface area (Å²) in [6.45, 7) is 9.61. The maximum atomic E-state index is 12.8. The number of nitrogens with one attached hydrogen (secondary N) is 1. The van der Waals surface area contributed by atoms with E-state index in [1.165, 1.54) is 0 Å². The number of anilines is 1. The molecular weight excluding hydrogens is 538 g/mol. The average molecular weight is 564 g/mol. The number of nitrogens with zero attached hydrogens (tertiary/aromatic N) is 3. The number of rotatable bonds is 12. The highest BCUT2D eigenvalue weighted by molar-refractivity contribution is 7.99. The molecule has 0 unspecified atom stereocenters. The minimum atomic E-state index is -0.692. The van der Waals surface area contributed by atoms with Crippen LogP contribution in [0, 0.1) is 13.8 Å². The molecule has 3 N–H and O–H groups in total. The van der Waals surface area contributed by atoms with Crippen molar-refractivity contribution in [3.63, 3.8) is 0 Å². The van der Waals surface area contributed by atoms with Crippen molar-refractivity contribution in [1.29, 1.82) is 0 Å². The van der Waals surface area contributed by atoms with Crippen LogP contribution in [0.15, 0.2) is 36.0 Å². The second-order valence-corrected chi connectivity index (χ2v) is 10.1. The number of hydrogen-bond donors (Lipinski definition) is 2. The summed E-state index contributed by atoms with van der Waals surface area (Å²) in [5.74, 6) is -0.721. The van der Waals surface area contributed by atoms with Crippen molar-refractivity contribution in [1.82, 2.24) is 14.8 Å². The molecular formula is C24H26ClN5O5S2. The predicted molar refractivity (Wildman–Crippen MR) is 144 cm³/mol. The van der Waals surface area contributed by atoms with Crippen molar-refractivity contribution in [2.45, 2.75) is 39.1 Å². The second-order valence-electron chi connectivity index (χ2n) is 7.70. The number of aryl methyl sites for hydroxylation is 1. The zero-order valence-electron chi connectivity index (χ0n) is 20.5. The Bertz CT molecular complexity index is 1340. The molecule has 0 spiro atoms. The third-order valence-corrected chi connectivity index (χ3v) is 7.48. The topological polar surface area (TPSA) is 138 Å². The molecule has 2 amide bonds. The van der Waals surface area contributed by atoms with Gasteiger partial charge in [-0.1, -0.05) is 35.5 Å². The standard InChI is InChI=1S/C24H26ClN5O5S2/c1-5-9-30-17(11-35-16-10-13(3)7-8-15(16)25)28-29-24(30)36-12-18(31)27-22-19(23(33)34-6-2)14(4)20(37-22)21(26)32/h5,7-8,10H,1,6,9,11-12H2,2-4H3,(H2,26,32)(H,27,31). The molecule has 0 saturated heterocycles. The summed E-state index contributed by atoms with van der Waals surface area (Å²) >= 11 is 8.29. The normalized spacial score (nSPS) is 10.7. The molecule has 10 nitrogen and oxygen atoms in total. The van der Waals surface area contributed by atoms with E-state index in [2.05, 4.69) is 22.1 Å². The van der Waals surface area contributed by atoms with Crippen LogP contribution in [0.25, 0.3) is 0 Å². The zero-order valence-corrected chi connectivity index (χ0v) is 22.9. The van der Waals surface area contributed by atoms with Crippen molar-refractivity contribution >= 4 is 57.5 Å². The van der Waals surface area contributed by atoms with Crippen molar-refractivity contribution in [3.8, 4) is 5.75 Å². The van der Waals surface area contributed by atoms with Crippen LogP contribution in [0.1, 0.15) is 43.9 Å². The van der Waals surface area contributed by atoms with Gasteiger partial charge in [0.05, 0.1) is 27.8 Å². The van der Waals surface area contributed by atoms with Crippen LogP contribution in [-0.2, 0) is 22.7 Å². The van der Waals surface area contributed by atoms with Crippen LogP contribution >= 0.6 is 34.7 Å². The first-order valence-electron chi connectivity index (χ1n) is 11.1. The van der Waals surface area contributed by atoms with Gasteiger partial charge in [-0.25, -0.2) is 4.79 Å². The lowest BCUT2D eigenvalue weighted by Crippen LogP contribution is -2.17. The van der Waals surface area contributed by atoms with E-state index in [1.54, 1.807) is 30.6 Å². The molecule has 3 rings (SSSR count). The Labute approximate surface area is 227 Å². The van der Waals surface area contributed by atoms with Gasteiger partial charge in [-0.2, -0.15) is 0 Å². The van der Waals surface area contributed by atoms with E-state index in [0.717, 1.165) is 28.7 Å². The van der Waals surface area contributed by atoms with Crippen LogP contribution in [0.3, 0.4) is 0 Å². The zero-order chi connectivity index (χ0) is 27.1. The Hall–Kier alpha value is -3.35. The monoisotopic (exact) mass is 563 g/mol. The van der Waals surface area contributed by atoms with Gasteiger partial charge in [0, 0.05) is 6.54 Å². The van der Waals surface area contributed by atoms with E-state index in [1.807, 2.05) is 19.1 Å². The third-order valence-electron chi connectivity index (χ3n) is 4.98. The molecule has 37 heavy (non-hydrogen) atoms. The van der Waals surface area contributed by atoms with Crippen LogP contribution in [0.5, 0.6) is 5.75 Å². The molecule has 196 valence electrons. The Balaban J connectivity index is 1.72. The van der Waals surface area contributed by atoms with Gasteiger partial charge in [0.1, 0.15) is 17.4 Å². The number of allylic oxidation sites excluding steroid dienone is 1. The highest BCUT2D eigenvalue weighted by atomic mass is 35.5. The first-order chi connectivity index (χ1) is 17.7. The number of hydrogen-bond acceptors (Lipinski definition) is 9. The summed E-state index contributed by atoms with van der Waals surface area (Å²) in [7, 11) is 0. The first kappa shape index (κ1) is 28.2. The summed E-state index contributed by atoms with van der Waals surface area (Å²) in [5.41, 5.74) is 6.90. The van der Waals surface area contributed by atoms with Gasteiger partial charge >= 0.3 is 5.97 Å². The number of esters is 1. The molecule has 0 aliphatic rings. The molecule has 0 aliphatic carbocycles. The van der Waals surface area contributed by atoms with Crippen LogP contribution in [0.2, 0.25) is 5.02 Å². The van der Waals surface area contributed by atoms with E-state index in [9.17, 15) is 14.4 Å². The molecule has 2 aromatic heterocycles. The maximum absolute atomic E-state index is 12.8. The highest BCUT2D eigenvalue weighted by Crippen LogP contribution is 2.34. The molecule has 0 radical (unpaired) electrons. The lowest BCUT2D eigenvalue weighted by Gasteiger charge is -2.11. The van der Waals surface area contributed by atoms with E-state index in [-0.39, 0.29) is 34.4 Å². The molecule has 0 atom stereocenters. The number of thioether (sulfide) groups is 1. The fraction of sp³-hybridized carbons (Fsp3) is 0.292. The van der Waals surface area contributed by atoms with Crippen LogP contribution in [0.4, 0.5) is 5.00 Å². The summed E-state index contributed by atoms with van der Waals surface area (Å²) in [6.07, 6.45) is 1.68. The first-order valence-corrected chi connectivity index (χ1v) is 13.3. The summed E-state index contributed by atoms with van der Waals surface area (Å²) in [5, 5.41) is 12.2. The molecule has 0 aliphatic heterocycles. The highest BCUT2D eigenvalue weighted by Gasteiger charge is 2.26. The Morgan fingerprint density at radius 2 is 2.05 bits per heavy atom. The summed E-state index contributed by atoms with van der Waals surface area (Å²) in [4.78, 5) is 37.1. The van der Waals surface area contributed by atoms with E-state index in [4.69, 9.17) is 26.8 Å². The maximum Gasteiger partial charge on any atom is 0.341 e. The average Bonchev–Trinajstić information content (AvgIpc) is 3.38. The van der Waals surface area contributed by atoms with Crippen molar-refractivity contribution in [2.24, 2.45) is 5.73 Å². The fourth-order valence-electron chi connectivity index (χ4n) is 3.29. The van der Waals surface area contributed by atoms with E-state index >= 15 is 0 Å². The quantitative estimate of drug-likeness (QED) is 0.188. The van der Waals surface area contributed by atoms with E-state index < -0.39 is 17.8 Å². The Morgan fingerprint density at radius 1 is 1.30 bits per heavy atom. The Morgan fingerprint density at radius 3 is 2.73 bits per heavy atom. The van der Waals surface area contributed by atoms with Gasteiger partial charge in [-0.05, 0) is 44.0 Å². The van der Waals surface area contributed by atoms with Crippen molar-refractivity contribution in [3.05, 3.63) is 63.3 Å². The van der Waals surface area contributed by atoms with Gasteiger partial charge in [0.2, 0.25) is 5.91 Å². The molecule has 0 fully saturated rings.